The molecule has 0 heterocycles. The number of benzene rings is 1. The fourth-order valence-corrected chi connectivity index (χ4v) is 1.52. The van der Waals surface area contributed by atoms with E-state index in [4.69, 9.17) is 5.11 Å². The zero-order chi connectivity index (χ0) is 11.8. The van der Waals surface area contributed by atoms with E-state index in [1.165, 1.54) is 11.1 Å². The number of rotatable bonds is 6. The van der Waals surface area contributed by atoms with Crippen molar-refractivity contribution in [1.82, 2.24) is 0 Å². The standard InChI is InChI=1S/C14H18O2/c1-12-8-6-7-10-13(12)9-4-2-3-5-11-14(15)16/h4,6-10H,2-3,5,11H2,1H3,(H,15,16)/b9-4-. The number of carboxylic acids is 1. The van der Waals surface area contributed by atoms with Crippen molar-refractivity contribution in [2.75, 3.05) is 0 Å². The van der Waals surface area contributed by atoms with Crippen molar-refractivity contribution < 1.29 is 9.90 Å². The first-order valence-corrected chi connectivity index (χ1v) is 5.64. The first-order valence-electron chi connectivity index (χ1n) is 5.64. The SMILES string of the molecule is Cc1ccccc1/C=C\CCCCC(=O)O. The Labute approximate surface area is 96.6 Å². The van der Waals surface area contributed by atoms with Crippen LogP contribution in [0.5, 0.6) is 0 Å². The summed E-state index contributed by atoms with van der Waals surface area (Å²) in [5.74, 6) is -0.706. The van der Waals surface area contributed by atoms with Crippen LogP contribution >= 0.6 is 0 Å². The fraction of sp³-hybridized carbons (Fsp3) is 0.357. The van der Waals surface area contributed by atoms with Crippen molar-refractivity contribution in [3.05, 3.63) is 41.5 Å². The highest BCUT2D eigenvalue weighted by atomic mass is 16.4. The summed E-state index contributed by atoms with van der Waals surface area (Å²) in [5, 5.41) is 8.47. The van der Waals surface area contributed by atoms with Crippen LogP contribution in [0.3, 0.4) is 0 Å². The second-order valence-electron chi connectivity index (χ2n) is 3.90. The monoisotopic (exact) mass is 218 g/mol. The Hall–Kier alpha value is -1.57. The van der Waals surface area contributed by atoms with Crippen molar-refractivity contribution in [3.63, 3.8) is 0 Å². The Morgan fingerprint density at radius 1 is 1.31 bits per heavy atom. The zero-order valence-corrected chi connectivity index (χ0v) is 9.65. The molecule has 0 saturated carbocycles. The van der Waals surface area contributed by atoms with Crippen LogP contribution in [0.2, 0.25) is 0 Å². The molecule has 86 valence electrons. The molecule has 0 atom stereocenters. The number of unbranched alkanes of at least 4 members (excludes halogenated alkanes) is 2. The minimum absolute atomic E-state index is 0.276. The lowest BCUT2D eigenvalue weighted by Crippen LogP contribution is -1.92. The maximum Gasteiger partial charge on any atom is 0.303 e. The smallest absolute Gasteiger partial charge is 0.303 e. The van der Waals surface area contributed by atoms with Crippen LogP contribution < -0.4 is 0 Å². The van der Waals surface area contributed by atoms with Gasteiger partial charge in [-0.25, -0.2) is 0 Å². The minimum atomic E-state index is -0.706. The molecule has 1 rings (SSSR count). The van der Waals surface area contributed by atoms with Crippen molar-refractivity contribution in [1.29, 1.82) is 0 Å². The summed E-state index contributed by atoms with van der Waals surface area (Å²) in [6.07, 6.45) is 7.14. The molecule has 0 aliphatic carbocycles. The van der Waals surface area contributed by atoms with E-state index in [1.54, 1.807) is 0 Å². The molecule has 1 aromatic carbocycles. The Balaban J connectivity index is 2.27. The van der Waals surface area contributed by atoms with Gasteiger partial charge >= 0.3 is 5.97 Å². The molecule has 16 heavy (non-hydrogen) atoms. The highest BCUT2D eigenvalue weighted by molar-refractivity contribution is 5.66. The molecular weight excluding hydrogens is 200 g/mol. The zero-order valence-electron chi connectivity index (χ0n) is 9.65. The molecule has 0 saturated heterocycles. The Bertz CT molecular complexity index is 367. The van der Waals surface area contributed by atoms with Crippen molar-refractivity contribution in [3.8, 4) is 0 Å². The summed E-state index contributed by atoms with van der Waals surface area (Å²) < 4.78 is 0. The molecule has 0 radical (unpaired) electrons. The van der Waals surface area contributed by atoms with E-state index in [-0.39, 0.29) is 6.42 Å². The van der Waals surface area contributed by atoms with Gasteiger partial charge in [0.25, 0.3) is 0 Å². The average molecular weight is 218 g/mol. The molecule has 0 spiro atoms. The molecule has 2 heteroatoms. The third-order valence-electron chi connectivity index (χ3n) is 2.50. The molecule has 1 N–H and O–H groups in total. The maximum absolute atomic E-state index is 10.3. The number of hydrogen-bond acceptors (Lipinski definition) is 1. The van der Waals surface area contributed by atoms with Crippen LogP contribution in [0.25, 0.3) is 6.08 Å². The van der Waals surface area contributed by atoms with Crippen LogP contribution in [0.1, 0.15) is 36.8 Å². The van der Waals surface area contributed by atoms with Gasteiger partial charge in [-0.1, -0.05) is 36.4 Å². The van der Waals surface area contributed by atoms with E-state index in [1.807, 2.05) is 12.1 Å². The van der Waals surface area contributed by atoms with Gasteiger partial charge in [-0.05, 0) is 37.3 Å². The molecule has 2 nitrogen and oxygen atoms in total. The lowest BCUT2D eigenvalue weighted by Gasteiger charge is -1.98. The minimum Gasteiger partial charge on any atom is -0.481 e. The highest BCUT2D eigenvalue weighted by Crippen LogP contribution is 2.10. The number of aryl methyl sites for hydroxylation is 1. The normalized spacial score (nSPS) is 10.8. The molecular formula is C14H18O2. The van der Waals surface area contributed by atoms with Gasteiger partial charge in [0.1, 0.15) is 0 Å². The van der Waals surface area contributed by atoms with E-state index >= 15 is 0 Å². The second kappa shape index (κ2) is 6.83. The topological polar surface area (TPSA) is 37.3 Å². The molecule has 0 aliphatic heterocycles. The van der Waals surface area contributed by atoms with E-state index in [0.717, 1.165) is 19.3 Å². The van der Waals surface area contributed by atoms with Gasteiger partial charge in [0, 0.05) is 6.42 Å². The predicted molar refractivity (Wildman–Crippen MR) is 66.3 cm³/mol. The third kappa shape index (κ3) is 4.78. The first kappa shape index (κ1) is 12.5. The number of aliphatic carboxylic acids is 1. The van der Waals surface area contributed by atoms with Crippen LogP contribution in [-0.4, -0.2) is 11.1 Å². The van der Waals surface area contributed by atoms with Gasteiger partial charge in [0.05, 0.1) is 0 Å². The van der Waals surface area contributed by atoms with Gasteiger partial charge in [0.2, 0.25) is 0 Å². The Morgan fingerprint density at radius 3 is 2.75 bits per heavy atom. The largest absolute Gasteiger partial charge is 0.481 e. The summed E-state index contributed by atoms with van der Waals surface area (Å²) in [4.78, 5) is 10.3. The highest BCUT2D eigenvalue weighted by Gasteiger charge is 1.95. The lowest BCUT2D eigenvalue weighted by atomic mass is 10.1. The van der Waals surface area contributed by atoms with E-state index < -0.39 is 5.97 Å². The van der Waals surface area contributed by atoms with Crippen LogP contribution in [0.4, 0.5) is 0 Å². The molecule has 0 bridgehead atoms. The summed E-state index contributed by atoms with van der Waals surface area (Å²) in [6.45, 7) is 2.09. The van der Waals surface area contributed by atoms with Crippen molar-refractivity contribution >= 4 is 12.0 Å². The number of allylic oxidation sites excluding steroid dienone is 1. The summed E-state index contributed by atoms with van der Waals surface area (Å²) in [7, 11) is 0. The summed E-state index contributed by atoms with van der Waals surface area (Å²) >= 11 is 0. The van der Waals surface area contributed by atoms with Crippen LogP contribution in [-0.2, 0) is 4.79 Å². The Morgan fingerprint density at radius 2 is 2.06 bits per heavy atom. The number of carboxylic acid groups (broad SMARTS) is 1. The predicted octanol–water partition coefficient (Wildman–Crippen LogP) is 3.65. The van der Waals surface area contributed by atoms with Crippen LogP contribution in [0.15, 0.2) is 30.3 Å². The fourth-order valence-electron chi connectivity index (χ4n) is 1.52. The molecule has 0 unspecified atom stereocenters. The molecule has 0 amide bonds. The lowest BCUT2D eigenvalue weighted by molar-refractivity contribution is -0.137. The quantitative estimate of drug-likeness (QED) is 0.740. The van der Waals surface area contributed by atoms with Crippen LogP contribution in [0, 0.1) is 6.92 Å². The maximum atomic E-state index is 10.3. The Kier molecular flexibility index (Phi) is 5.34. The first-order chi connectivity index (χ1) is 7.70. The van der Waals surface area contributed by atoms with Gasteiger partial charge in [0.15, 0.2) is 0 Å². The summed E-state index contributed by atoms with van der Waals surface area (Å²) in [5.41, 5.74) is 2.50. The van der Waals surface area contributed by atoms with E-state index in [9.17, 15) is 4.79 Å². The number of hydrogen-bond donors (Lipinski definition) is 1. The average Bonchev–Trinajstić information content (AvgIpc) is 2.25. The van der Waals surface area contributed by atoms with Gasteiger partial charge in [-0.2, -0.15) is 0 Å². The van der Waals surface area contributed by atoms with Gasteiger partial charge < -0.3 is 5.11 Å². The molecule has 1 aromatic rings. The molecule has 0 fully saturated rings. The van der Waals surface area contributed by atoms with E-state index in [2.05, 4.69) is 31.2 Å². The molecule has 0 aliphatic rings. The number of carbonyl (C=O) groups is 1. The summed E-state index contributed by atoms with van der Waals surface area (Å²) in [6, 6.07) is 8.23. The van der Waals surface area contributed by atoms with E-state index in [0.29, 0.717) is 0 Å². The third-order valence-corrected chi connectivity index (χ3v) is 2.50. The van der Waals surface area contributed by atoms with Gasteiger partial charge in [-0.3, -0.25) is 4.79 Å². The molecule has 0 aromatic heterocycles. The van der Waals surface area contributed by atoms with Gasteiger partial charge in [-0.15, -0.1) is 0 Å². The van der Waals surface area contributed by atoms with Crippen molar-refractivity contribution in [2.45, 2.75) is 32.6 Å². The van der Waals surface area contributed by atoms with Crippen molar-refractivity contribution in [2.24, 2.45) is 0 Å². The second-order valence-corrected chi connectivity index (χ2v) is 3.90.